The number of methoxy groups -OCH3 is 1. The molecule has 0 saturated heterocycles. The Bertz CT molecular complexity index is 1320. The van der Waals surface area contributed by atoms with Gasteiger partial charge in [0, 0.05) is 12.6 Å². The average molecular weight is 552 g/mol. The SMILES string of the molecule is CC[C@@H](C)NC(=O)[C@H](C)N(CCc1ccccc1)C(=O)CN(c1ccc(OC)cc1)S(=O)(=O)c1ccccc1. The summed E-state index contributed by atoms with van der Waals surface area (Å²) in [6.45, 7) is 5.32. The van der Waals surface area contributed by atoms with Crippen LogP contribution in [0.5, 0.6) is 5.75 Å². The molecular formula is C30H37N3O5S. The van der Waals surface area contributed by atoms with Gasteiger partial charge < -0.3 is 15.0 Å². The van der Waals surface area contributed by atoms with E-state index in [1.165, 1.54) is 24.1 Å². The number of nitrogens with zero attached hydrogens (tertiary/aromatic N) is 2. The van der Waals surface area contributed by atoms with Crippen molar-refractivity contribution in [1.29, 1.82) is 0 Å². The van der Waals surface area contributed by atoms with Gasteiger partial charge in [-0.15, -0.1) is 0 Å². The lowest BCUT2D eigenvalue weighted by molar-refractivity contribution is -0.139. The van der Waals surface area contributed by atoms with E-state index in [-0.39, 0.29) is 23.4 Å². The largest absolute Gasteiger partial charge is 0.497 e. The first-order valence-electron chi connectivity index (χ1n) is 13.0. The molecule has 0 spiro atoms. The molecule has 8 nitrogen and oxygen atoms in total. The number of amides is 2. The van der Waals surface area contributed by atoms with Crippen molar-refractivity contribution in [2.45, 2.75) is 50.6 Å². The average Bonchev–Trinajstić information content (AvgIpc) is 2.96. The van der Waals surface area contributed by atoms with E-state index in [2.05, 4.69) is 5.32 Å². The summed E-state index contributed by atoms with van der Waals surface area (Å²) in [7, 11) is -2.57. The third-order valence-corrected chi connectivity index (χ3v) is 8.41. The predicted molar refractivity (Wildman–Crippen MR) is 153 cm³/mol. The van der Waals surface area contributed by atoms with Crippen molar-refractivity contribution in [3.63, 3.8) is 0 Å². The normalized spacial score (nSPS) is 12.7. The van der Waals surface area contributed by atoms with E-state index in [9.17, 15) is 18.0 Å². The standard InChI is InChI=1S/C30H37N3O5S/c1-5-23(2)31-30(35)24(3)32(21-20-25-12-8-6-9-13-25)29(34)22-33(26-16-18-27(38-4)19-17-26)39(36,37)28-14-10-7-11-15-28/h6-19,23-24H,5,20-22H2,1-4H3,(H,31,35)/t23-,24+/m1/s1. The summed E-state index contributed by atoms with van der Waals surface area (Å²) in [6, 6.07) is 23.3. The first-order chi connectivity index (χ1) is 18.7. The van der Waals surface area contributed by atoms with Crippen LogP contribution in [0.25, 0.3) is 0 Å². The van der Waals surface area contributed by atoms with Gasteiger partial charge in [0.15, 0.2) is 0 Å². The Hall–Kier alpha value is -3.85. The van der Waals surface area contributed by atoms with Gasteiger partial charge in [-0.25, -0.2) is 8.42 Å². The van der Waals surface area contributed by atoms with E-state index >= 15 is 0 Å². The summed E-state index contributed by atoms with van der Waals surface area (Å²) >= 11 is 0. The molecule has 3 aromatic carbocycles. The highest BCUT2D eigenvalue weighted by atomic mass is 32.2. The highest BCUT2D eigenvalue weighted by molar-refractivity contribution is 7.92. The number of benzene rings is 3. The van der Waals surface area contributed by atoms with Gasteiger partial charge in [-0.05, 0) is 68.7 Å². The number of hydrogen-bond donors (Lipinski definition) is 1. The van der Waals surface area contributed by atoms with E-state index in [4.69, 9.17) is 4.74 Å². The van der Waals surface area contributed by atoms with E-state index in [1.54, 1.807) is 49.4 Å². The maximum absolute atomic E-state index is 13.9. The lowest BCUT2D eigenvalue weighted by Gasteiger charge is -2.32. The Kier molecular flexibility index (Phi) is 10.5. The Morgan fingerprint density at radius 1 is 0.897 bits per heavy atom. The highest BCUT2D eigenvalue weighted by Gasteiger charge is 2.32. The third-order valence-electron chi connectivity index (χ3n) is 6.62. The number of anilines is 1. The van der Waals surface area contributed by atoms with Crippen molar-refractivity contribution in [1.82, 2.24) is 10.2 Å². The van der Waals surface area contributed by atoms with Gasteiger partial charge in [0.2, 0.25) is 11.8 Å². The van der Waals surface area contributed by atoms with E-state index < -0.39 is 28.5 Å². The van der Waals surface area contributed by atoms with Crippen molar-refractivity contribution in [3.8, 4) is 5.75 Å². The molecule has 1 N–H and O–H groups in total. The van der Waals surface area contributed by atoms with Crippen molar-refractivity contribution in [2.24, 2.45) is 0 Å². The molecule has 0 aliphatic carbocycles. The smallest absolute Gasteiger partial charge is 0.264 e. The number of carbonyl (C=O) groups is 2. The van der Waals surface area contributed by atoms with Gasteiger partial charge in [0.1, 0.15) is 18.3 Å². The molecule has 0 bridgehead atoms. The Balaban J connectivity index is 1.96. The molecule has 0 aromatic heterocycles. The second kappa shape index (κ2) is 13.8. The fourth-order valence-corrected chi connectivity index (χ4v) is 5.47. The van der Waals surface area contributed by atoms with E-state index in [0.29, 0.717) is 17.9 Å². The van der Waals surface area contributed by atoms with Crippen LogP contribution in [-0.4, -0.2) is 57.4 Å². The monoisotopic (exact) mass is 551 g/mol. The number of nitrogens with one attached hydrogen (secondary N) is 1. The van der Waals surface area contributed by atoms with Crippen LogP contribution in [0.15, 0.2) is 89.8 Å². The number of ether oxygens (including phenoxy) is 1. The number of carbonyl (C=O) groups excluding carboxylic acids is 2. The van der Waals surface area contributed by atoms with Crippen LogP contribution in [0.3, 0.4) is 0 Å². The molecule has 0 aliphatic heterocycles. The summed E-state index contributed by atoms with van der Waals surface area (Å²) in [5.41, 5.74) is 1.32. The molecule has 208 valence electrons. The van der Waals surface area contributed by atoms with Crippen LogP contribution in [0.1, 0.15) is 32.8 Å². The molecule has 0 aliphatic rings. The predicted octanol–water partition coefficient (Wildman–Crippen LogP) is 4.27. The Labute approximate surface area is 231 Å². The maximum atomic E-state index is 13.9. The first-order valence-corrected chi connectivity index (χ1v) is 14.5. The lowest BCUT2D eigenvalue weighted by Crippen LogP contribution is -2.53. The summed E-state index contributed by atoms with van der Waals surface area (Å²) in [6.07, 6.45) is 1.26. The zero-order chi connectivity index (χ0) is 28.4. The van der Waals surface area contributed by atoms with Gasteiger partial charge in [-0.1, -0.05) is 55.5 Å². The second-order valence-electron chi connectivity index (χ2n) is 9.34. The molecule has 0 radical (unpaired) electrons. The van der Waals surface area contributed by atoms with Crippen molar-refractivity contribution in [2.75, 3.05) is 24.5 Å². The molecule has 3 rings (SSSR count). The maximum Gasteiger partial charge on any atom is 0.264 e. The fourth-order valence-electron chi connectivity index (χ4n) is 4.03. The van der Waals surface area contributed by atoms with Gasteiger partial charge in [0.25, 0.3) is 10.0 Å². The highest BCUT2D eigenvalue weighted by Crippen LogP contribution is 2.26. The van der Waals surface area contributed by atoms with Gasteiger partial charge in [-0.2, -0.15) is 0 Å². The molecule has 0 unspecified atom stereocenters. The van der Waals surface area contributed by atoms with Crippen LogP contribution in [0, 0.1) is 0 Å². The third kappa shape index (κ3) is 7.83. The summed E-state index contributed by atoms with van der Waals surface area (Å²) < 4.78 is 33.8. The molecule has 0 heterocycles. The molecule has 2 amide bonds. The summed E-state index contributed by atoms with van der Waals surface area (Å²) in [5.74, 6) is -0.206. The minimum atomic E-state index is -4.09. The van der Waals surface area contributed by atoms with Gasteiger partial charge in [-0.3, -0.25) is 13.9 Å². The van der Waals surface area contributed by atoms with Crippen LogP contribution in [0.2, 0.25) is 0 Å². The zero-order valence-corrected chi connectivity index (χ0v) is 23.7. The molecule has 0 fully saturated rings. The quantitative estimate of drug-likeness (QED) is 0.342. The second-order valence-corrected chi connectivity index (χ2v) is 11.2. The molecule has 9 heteroatoms. The number of sulfonamides is 1. The van der Waals surface area contributed by atoms with Crippen LogP contribution in [-0.2, 0) is 26.0 Å². The van der Waals surface area contributed by atoms with Crippen LogP contribution in [0.4, 0.5) is 5.69 Å². The van der Waals surface area contributed by atoms with Crippen molar-refractivity contribution in [3.05, 3.63) is 90.5 Å². The first kappa shape index (κ1) is 29.7. The van der Waals surface area contributed by atoms with Gasteiger partial charge in [0.05, 0.1) is 17.7 Å². The van der Waals surface area contributed by atoms with Gasteiger partial charge >= 0.3 is 0 Å². The van der Waals surface area contributed by atoms with E-state index in [1.807, 2.05) is 44.2 Å². The molecular weight excluding hydrogens is 514 g/mol. The molecule has 39 heavy (non-hydrogen) atoms. The minimum Gasteiger partial charge on any atom is -0.497 e. The lowest BCUT2D eigenvalue weighted by atomic mass is 10.1. The van der Waals surface area contributed by atoms with Crippen molar-refractivity contribution < 1.29 is 22.7 Å². The Morgan fingerprint density at radius 2 is 1.49 bits per heavy atom. The molecule has 0 saturated carbocycles. The van der Waals surface area contributed by atoms with Crippen LogP contribution >= 0.6 is 0 Å². The Morgan fingerprint density at radius 3 is 2.05 bits per heavy atom. The van der Waals surface area contributed by atoms with Crippen molar-refractivity contribution >= 4 is 27.5 Å². The summed E-state index contributed by atoms with van der Waals surface area (Å²) in [5, 5.41) is 2.94. The minimum absolute atomic E-state index is 0.0553. The topological polar surface area (TPSA) is 96.0 Å². The van der Waals surface area contributed by atoms with Crippen LogP contribution < -0.4 is 14.4 Å². The molecule has 3 aromatic rings. The van der Waals surface area contributed by atoms with E-state index in [0.717, 1.165) is 16.3 Å². The zero-order valence-electron chi connectivity index (χ0n) is 22.9. The number of hydrogen-bond acceptors (Lipinski definition) is 5. The summed E-state index contributed by atoms with van der Waals surface area (Å²) in [4.78, 5) is 28.5. The number of rotatable bonds is 13. The molecule has 2 atom stereocenters. The fraction of sp³-hybridized carbons (Fsp3) is 0.333.